The molecule has 0 aliphatic heterocycles. The lowest BCUT2D eigenvalue weighted by Gasteiger charge is -2.08. The first-order chi connectivity index (χ1) is 13.3. The molecule has 0 bridgehead atoms. The Morgan fingerprint density at radius 2 is 1.93 bits per heavy atom. The summed E-state index contributed by atoms with van der Waals surface area (Å²) in [5.74, 6) is 0. The van der Waals surface area contributed by atoms with Crippen molar-refractivity contribution in [1.29, 1.82) is 5.26 Å². The Morgan fingerprint density at radius 1 is 1.00 bits per heavy atom. The number of unbranched alkanes of at least 4 members (excludes halogenated alkanes) is 1. The Bertz CT molecular complexity index is 1100. The summed E-state index contributed by atoms with van der Waals surface area (Å²) < 4.78 is 0. The Morgan fingerprint density at radius 3 is 2.85 bits per heavy atom. The fourth-order valence-corrected chi connectivity index (χ4v) is 3.55. The second-order valence-electron chi connectivity index (χ2n) is 6.81. The average molecular weight is 354 g/mol. The zero-order valence-corrected chi connectivity index (χ0v) is 15.2. The predicted octanol–water partition coefficient (Wildman–Crippen LogP) is 4.70. The Balaban J connectivity index is 1.28. The molecule has 0 unspecified atom stereocenters. The number of nitriles is 1. The van der Waals surface area contributed by atoms with Gasteiger partial charge in [0.1, 0.15) is 0 Å². The molecule has 2 aromatic heterocycles. The van der Waals surface area contributed by atoms with Crippen LogP contribution in [0.5, 0.6) is 0 Å². The number of aromatic amines is 1. The first-order valence-electron chi connectivity index (χ1n) is 9.38. The molecule has 0 radical (unpaired) electrons. The quantitative estimate of drug-likeness (QED) is 0.473. The Kier molecular flexibility index (Phi) is 5.13. The lowest BCUT2D eigenvalue weighted by molar-refractivity contribution is 0.625. The van der Waals surface area contributed by atoms with Crippen LogP contribution in [0.1, 0.15) is 29.5 Å². The highest BCUT2D eigenvalue weighted by Crippen LogP contribution is 2.21. The van der Waals surface area contributed by atoms with E-state index in [-0.39, 0.29) is 0 Å². The van der Waals surface area contributed by atoms with Gasteiger partial charge in [0, 0.05) is 35.2 Å². The molecule has 0 aliphatic carbocycles. The van der Waals surface area contributed by atoms with E-state index in [1.165, 1.54) is 21.9 Å². The van der Waals surface area contributed by atoms with Crippen molar-refractivity contribution in [2.75, 3.05) is 6.54 Å². The van der Waals surface area contributed by atoms with Crippen LogP contribution in [0.25, 0.3) is 21.8 Å². The van der Waals surface area contributed by atoms with Gasteiger partial charge in [0.15, 0.2) is 0 Å². The molecular formula is C23H22N4. The summed E-state index contributed by atoms with van der Waals surface area (Å²) in [6, 6.07) is 18.4. The smallest absolute Gasteiger partial charge is 0.0991 e. The zero-order chi connectivity index (χ0) is 18.5. The highest BCUT2D eigenvalue weighted by Gasteiger charge is 2.05. The van der Waals surface area contributed by atoms with Crippen LogP contribution in [0.15, 0.2) is 60.9 Å². The minimum Gasteiger partial charge on any atom is -0.361 e. The van der Waals surface area contributed by atoms with Gasteiger partial charge < -0.3 is 10.3 Å². The molecule has 0 fully saturated rings. The maximum absolute atomic E-state index is 9.09. The van der Waals surface area contributed by atoms with E-state index in [0.29, 0.717) is 0 Å². The van der Waals surface area contributed by atoms with Crippen LogP contribution in [0.3, 0.4) is 0 Å². The number of hydrogen-bond donors (Lipinski definition) is 2. The number of aryl methyl sites for hydroxylation is 1. The fourth-order valence-electron chi connectivity index (χ4n) is 3.55. The van der Waals surface area contributed by atoms with Gasteiger partial charge in [0.05, 0.1) is 17.1 Å². The van der Waals surface area contributed by atoms with E-state index in [9.17, 15) is 0 Å². The number of rotatable bonds is 7. The molecule has 0 saturated heterocycles. The molecule has 2 N–H and O–H groups in total. The van der Waals surface area contributed by atoms with Crippen molar-refractivity contribution in [3.63, 3.8) is 0 Å². The number of benzene rings is 2. The number of nitrogens with zero attached hydrogens (tertiary/aromatic N) is 2. The zero-order valence-electron chi connectivity index (χ0n) is 15.2. The van der Waals surface area contributed by atoms with Gasteiger partial charge >= 0.3 is 0 Å². The molecule has 0 aliphatic rings. The number of aromatic nitrogens is 2. The monoisotopic (exact) mass is 354 g/mol. The third kappa shape index (κ3) is 3.84. The lowest BCUT2D eigenvalue weighted by atomic mass is 10.1. The molecule has 2 heterocycles. The van der Waals surface area contributed by atoms with Crippen LogP contribution < -0.4 is 5.32 Å². The van der Waals surface area contributed by atoms with Crippen molar-refractivity contribution in [1.82, 2.24) is 15.3 Å². The van der Waals surface area contributed by atoms with Gasteiger partial charge in [0.2, 0.25) is 0 Å². The summed E-state index contributed by atoms with van der Waals surface area (Å²) in [5.41, 5.74) is 5.46. The summed E-state index contributed by atoms with van der Waals surface area (Å²) in [5, 5.41) is 15.0. The standard InChI is InChI=1S/C23H22N4/c24-14-17-8-9-23-21(13-17)18(16-27-23)5-3-4-11-25-15-19-10-12-26-22-7-2-1-6-20(19)22/h1-2,6-10,12-13,16,25,27H,3-5,11,15H2. The largest absolute Gasteiger partial charge is 0.361 e. The molecule has 2 aromatic carbocycles. The number of pyridine rings is 1. The van der Waals surface area contributed by atoms with Gasteiger partial charge in [-0.05, 0) is 67.3 Å². The van der Waals surface area contributed by atoms with E-state index in [1.54, 1.807) is 0 Å². The third-order valence-electron chi connectivity index (χ3n) is 5.00. The molecule has 4 rings (SSSR count). The molecule has 0 amide bonds. The summed E-state index contributed by atoms with van der Waals surface area (Å²) in [7, 11) is 0. The highest BCUT2D eigenvalue weighted by molar-refractivity contribution is 5.84. The maximum atomic E-state index is 9.09. The van der Waals surface area contributed by atoms with Crippen molar-refractivity contribution in [3.05, 3.63) is 77.6 Å². The molecule has 134 valence electrons. The third-order valence-corrected chi connectivity index (χ3v) is 5.00. The van der Waals surface area contributed by atoms with Crippen molar-refractivity contribution in [3.8, 4) is 6.07 Å². The first-order valence-corrected chi connectivity index (χ1v) is 9.38. The van der Waals surface area contributed by atoms with Crippen LogP contribution in [0.4, 0.5) is 0 Å². The molecule has 4 heteroatoms. The number of para-hydroxylation sites is 1. The van der Waals surface area contributed by atoms with Crippen molar-refractivity contribution >= 4 is 21.8 Å². The van der Waals surface area contributed by atoms with Crippen LogP contribution in [0, 0.1) is 11.3 Å². The molecular weight excluding hydrogens is 332 g/mol. The van der Waals surface area contributed by atoms with Crippen LogP contribution in [0.2, 0.25) is 0 Å². The van der Waals surface area contributed by atoms with Gasteiger partial charge in [-0.1, -0.05) is 18.2 Å². The van der Waals surface area contributed by atoms with Gasteiger partial charge in [0.25, 0.3) is 0 Å². The molecule has 27 heavy (non-hydrogen) atoms. The second-order valence-corrected chi connectivity index (χ2v) is 6.81. The lowest BCUT2D eigenvalue weighted by Crippen LogP contribution is -2.15. The Labute approximate surface area is 158 Å². The summed E-state index contributed by atoms with van der Waals surface area (Å²) in [6.07, 6.45) is 7.21. The SMILES string of the molecule is N#Cc1ccc2[nH]cc(CCCCNCc3ccnc4ccccc34)c2c1. The van der Waals surface area contributed by atoms with Crippen molar-refractivity contribution in [2.24, 2.45) is 0 Å². The molecule has 0 saturated carbocycles. The summed E-state index contributed by atoms with van der Waals surface area (Å²) in [4.78, 5) is 7.71. The number of fused-ring (bicyclic) bond motifs is 2. The molecule has 4 nitrogen and oxygen atoms in total. The summed E-state index contributed by atoms with van der Waals surface area (Å²) >= 11 is 0. The molecule has 4 aromatic rings. The first kappa shape index (κ1) is 17.3. The highest BCUT2D eigenvalue weighted by atomic mass is 14.8. The van der Waals surface area contributed by atoms with Crippen LogP contribution in [-0.4, -0.2) is 16.5 Å². The number of hydrogen-bond acceptors (Lipinski definition) is 3. The average Bonchev–Trinajstić information content (AvgIpc) is 3.12. The fraction of sp³-hybridized carbons (Fsp3) is 0.217. The van der Waals surface area contributed by atoms with Gasteiger partial charge in [-0.25, -0.2) is 0 Å². The number of nitrogens with one attached hydrogen (secondary N) is 2. The minimum atomic E-state index is 0.717. The van der Waals surface area contributed by atoms with E-state index in [4.69, 9.17) is 5.26 Å². The van der Waals surface area contributed by atoms with E-state index >= 15 is 0 Å². The second kappa shape index (κ2) is 8.03. The Hall–Kier alpha value is -3.16. The maximum Gasteiger partial charge on any atom is 0.0991 e. The van der Waals surface area contributed by atoms with Crippen LogP contribution in [-0.2, 0) is 13.0 Å². The van der Waals surface area contributed by atoms with Crippen molar-refractivity contribution in [2.45, 2.75) is 25.8 Å². The van der Waals surface area contributed by atoms with Crippen molar-refractivity contribution < 1.29 is 0 Å². The topological polar surface area (TPSA) is 64.5 Å². The van der Waals surface area contributed by atoms with Gasteiger partial charge in [-0.15, -0.1) is 0 Å². The predicted molar refractivity (Wildman–Crippen MR) is 109 cm³/mol. The van der Waals surface area contributed by atoms with Gasteiger partial charge in [-0.2, -0.15) is 5.26 Å². The summed E-state index contributed by atoms with van der Waals surface area (Å²) in [6.45, 7) is 1.85. The van der Waals surface area contributed by atoms with Gasteiger partial charge in [-0.3, -0.25) is 4.98 Å². The van der Waals surface area contributed by atoms with E-state index in [1.807, 2.05) is 30.5 Å². The van der Waals surface area contributed by atoms with E-state index in [2.05, 4.69) is 51.8 Å². The van der Waals surface area contributed by atoms with E-state index < -0.39 is 0 Å². The number of H-pyrrole nitrogens is 1. The molecule has 0 atom stereocenters. The minimum absolute atomic E-state index is 0.717. The van der Waals surface area contributed by atoms with Crippen LogP contribution >= 0.6 is 0 Å². The normalized spacial score (nSPS) is 11.1. The molecule has 0 spiro atoms. The van der Waals surface area contributed by atoms with E-state index in [0.717, 1.165) is 48.9 Å².